The number of anilines is 2. The van der Waals surface area contributed by atoms with Crippen LogP contribution in [0.2, 0.25) is 0 Å². The van der Waals surface area contributed by atoms with Crippen LogP contribution in [0.25, 0.3) is 0 Å². The highest BCUT2D eigenvalue weighted by atomic mass is 15.2. The zero-order chi connectivity index (χ0) is 13.1. The molecule has 2 heterocycles. The van der Waals surface area contributed by atoms with Gasteiger partial charge in [0.1, 0.15) is 0 Å². The molecule has 2 aromatic rings. The predicted molar refractivity (Wildman–Crippen MR) is 78.6 cm³/mol. The topological polar surface area (TPSA) is 33.1 Å². The molecule has 3 rings (SSSR count). The molecule has 0 spiro atoms. The fourth-order valence-electron chi connectivity index (χ4n) is 2.66. The van der Waals surface area contributed by atoms with Crippen LogP contribution in [0.5, 0.6) is 0 Å². The first-order chi connectivity index (χ1) is 9.34. The molecule has 1 atom stereocenters. The average Bonchev–Trinajstić information content (AvgIpc) is 2.94. The predicted octanol–water partition coefficient (Wildman–Crippen LogP) is 2.59. The summed E-state index contributed by atoms with van der Waals surface area (Å²) in [5.74, 6) is 0. The van der Waals surface area contributed by atoms with Crippen molar-refractivity contribution in [2.75, 3.05) is 23.3 Å². The van der Waals surface area contributed by atoms with Gasteiger partial charge in [-0.2, -0.15) is 0 Å². The molecule has 1 unspecified atom stereocenters. The number of para-hydroxylation sites is 2. The maximum Gasteiger partial charge on any atom is 0.0945 e. The molecule has 0 bridgehead atoms. The summed E-state index contributed by atoms with van der Waals surface area (Å²) in [4.78, 5) is 6.58. The highest BCUT2D eigenvalue weighted by Gasteiger charge is 2.21. The molecule has 4 heteroatoms. The van der Waals surface area contributed by atoms with Gasteiger partial charge < -0.3 is 14.8 Å². The van der Waals surface area contributed by atoms with E-state index in [9.17, 15) is 0 Å². The smallest absolute Gasteiger partial charge is 0.0945 e. The van der Waals surface area contributed by atoms with Crippen LogP contribution in [0.4, 0.5) is 11.4 Å². The maximum absolute atomic E-state index is 4.08. The lowest BCUT2D eigenvalue weighted by atomic mass is 10.1. The van der Waals surface area contributed by atoms with Gasteiger partial charge in [-0.15, -0.1) is 0 Å². The van der Waals surface area contributed by atoms with Crippen molar-refractivity contribution < 1.29 is 0 Å². The summed E-state index contributed by atoms with van der Waals surface area (Å²) in [7, 11) is 0. The van der Waals surface area contributed by atoms with Crippen LogP contribution in [-0.2, 0) is 6.54 Å². The highest BCUT2D eigenvalue weighted by molar-refractivity contribution is 5.72. The number of hydrogen-bond donors (Lipinski definition) is 1. The third-order valence-electron chi connectivity index (χ3n) is 3.71. The van der Waals surface area contributed by atoms with Crippen molar-refractivity contribution in [2.45, 2.75) is 25.9 Å². The number of aromatic nitrogens is 2. The van der Waals surface area contributed by atoms with Crippen LogP contribution in [0, 0.1) is 0 Å². The van der Waals surface area contributed by atoms with Gasteiger partial charge in [-0.05, 0) is 25.5 Å². The normalized spacial score (nSPS) is 17.9. The minimum absolute atomic E-state index is 0.540. The third-order valence-corrected chi connectivity index (χ3v) is 3.71. The van der Waals surface area contributed by atoms with E-state index in [-0.39, 0.29) is 0 Å². The lowest BCUT2D eigenvalue weighted by Crippen LogP contribution is -2.42. The van der Waals surface area contributed by atoms with E-state index in [1.54, 1.807) is 0 Å². The molecule has 0 aliphatic carbocycles. The average molecular weight is 256 g/mol. The zero-order valence-corrected chi connectivity index (χ0v) is 11.3. The fourth-order valence-corrected chi connectivity index (χ4v) is 2.66. The Balaban J connectivity index is 1.66. The summed E-state index contributed by atoms with van der Waals surface area (Å²) < 4.78 is 2.14. The first-order valence-electron chi connectivity index (χ1n) is 6.90. The molecule has 0 saturated carbocycles. The first kappa shape index (κ1) is 12.1. The van der Waals surface area contributed by atoms with Crippen molar-refractivity contribution in [2.24, 2.45) is 0 Å². The lowest BCUT2D eigenvalue weighted by molar-refractivity contribution is 0.577. The molecule has 0 amide bonds. The van der Waals surface area contributed by atoms with Gasteiger partial charge in [-0.25, -0.2) is 4.98 Å². The molecule has 0 radical (unpaired) electrons. The van der Waals surface area contributed by atoms with Gasteiger partial charge in [0.2, 0.25) is 0 Å². The van der Waals surface area contributed by atoms with Gasteiger partial charge >= 0.3 is 0 Å². The molecule has 0 saturated heterocycles. The molecule has 0 fully saturated rings. The van der Waals surface area contributed by atoms with Crippen LogP contribution >= 0.6 is 0 Å². The third kappa shape index (κ3) is 2.57. The second kappa shape index (κ2) is 5.34. The van der Waals surface area contributed by atoms with Gasteiger partial charge in [-0.1, -0.05) is 12.1 Å². The maximum atomic E-state index is 4.08. The Hall–Kier alpha value is -1.97. The molecule has 1 aromatic carbocycles. The monoisotopic (exact) mass is 256 g/mol. The Morgan fingerprint density at radius 2 is 2.21 bits per heavy atom. The van der Waals surface area contributed by atoms with Crippen molar-refractivity contribution in [3.05, 3.63) is 43.0 Å². The van der Waals surface area contributed by atoms with Gasteiger partial charge in [-0.3, -0.25) is 0 Å². The van der Waals surface area contributed by atoms with Gasteiger partial charge in [0.15, 0.2) is 0 Å². The summed E-state index contributed by atoms with van der Waals surface area (Å²) in [6.45, 7) is 5.40. The van der Waals surface area contributed by atoms with Crippen LogP contribution in [0.3, 0.4) is 0 Å². The molecular formula is C15H20N4. The number of rotatable bonds is 4. The van der Waals surface area contributed by atoms with E-state index in [1.807, 2.05) is 18.7 Å². The summed E-state index contributed by atoms with van der Waals surface area (Å²) in [6.07, 6.45) is 6.88. The van der Waals surface area contributed by atoms with Crippen molar-refractivity contribution in [3.8, 4) is 0 Å². The number of nitrogens with zero attached hydrogens (tertiary/aromatic N) is 3. The zero-order valence-electron chi connectivity index (χ0n) is 11.3. The van der Waals surface area contributed by atoms with Crippen molar-refractivity contribution in [3.63, 3.8) is 0 Å². The Bertz CT molecular complexity index is 521. The summed E-state index contributed by atoms with van der Waals surface area (Å²) in [5.41, 5.74) is 2.58. The number of hydrogen-bond acceptors (Lipinski definition) is 3. The number of imidazole rings is 1. The SMILES string of the molecule is CC1CNc2ccccc2N1CCCn1ccnc1. The van der Waals surface area contributed by atoms with E-state index in [1.165, 1.54) is 11.4 Å². The Labute approximate surface area is 114 Å². The largest absolute Gasteiger partial charge is 0.381 e. The molecule has 1 aliphatic heterocycles. The second-order valence-corrected chi connectivity index (χ2v) is 5.09. The van der Waals surface area contributed by atoms with Crippen LogP contribution < -0.4 is 10.2 Å². The quantitative estimate of drug-likeness (QED) is 0.912. The van der Waals surface area contributed by atoms with Crippen LogP contribution in [-0.4, -0.2) is 28.7 Å². The summed E-state index contributed by atoms with van der Waals surface area (Å²) in [6, 6.07) is 9.10. The number of fused-ring (bicyclic) bond motifs is 1. The minimum atomic E-state index is 0.540. The number of benzene rings is 1. The Kier molecular flexibility index (Phi) is 3.40. The molecule has 1 N–H and O–H groups in total. The second-order valence-electron chi connectivity index (χ2n) is 5.09. The van der Waals surface area contributed by atoms with E-state index in [0.29, 0.717) is 6.04 Å². The molecule has 100 valence electrons. The molecule has 4 nitrogen and oxygen atoms in total. The lowest BCUT2D eigenvalue weighted by Gasteiger charge is -2.37. The summed E-state index contributed by atoms with van der Waals surface area (Å²) >= 11 is 0. The number of aryl methyl sites for hydroxylation is 1. The van der Waals surface area contributed by atoms with E-state index in [0.717, 1.165) is 26.1 Å². The van der Waals surface area contributed by atoms with Crippen molar-refractivity contribution in [1.29, 1.82) is 0 Å². The van der Waals surface area contributed by atoms with Crippen LogP contribution in [0.15, 0.2) is 43.0 Å². The molecular weight excluding hydrogens is 236 g/mol. The standard InChI is InChI=1S/C15H20N4/c1-13-11-17-14-5-2-3-6-15(14)19(13)9-4-8-18-10-7-16-12-18/h2-3,5-7,10,12-13,17H,4,8-9,11H2,1H3. The van der Waals surface area contributed by atoms with Gasteiger partial charge in [0.25, 0.3) is 0 Å². The Morgan fingerprint density at radius 3 is 3.05 bits per heavy atom. The van der Waals surface area contributed by atoms with Crippen molar-refractivity contribution in [1.82, 2.24) is 9.55 Å². The molecule has 19 heavy (non-hydrogen) atoms. The van der Waals surface area contributed by atoms with E-state index >= 15 is 0 Å². The highest BCUT2D eigenvalue weighted by Crippen LogP contribution is 2.30. The van der Waals surface area contributed by atoms with Gasteiger partial charge in [0.05, 0.1) is 17.7 Å². The van der Waals surface area contributed by atoms with Crippen molar-refractivity contribution >= 4 is 11.4 Å². The summed E-state index contributed by atoms with van der Waals surface area (Å²) in [5, 5.41) is 3.49. The van der Waals surface area contributed by atoms with Crippen LogP contribution in [0.1, 0.15) is 13.3 Å². The van der Waals surface area contributed by atoms with Gasteiger partial charge in [0, 0.05) is 38.1 Å². The van der Waals surface area contributed by atoms with E-state index in [4.69, 9.17) is 0 Å². The number of nitrogens with one attached hydrogen (secondary N) is 1. The Morgan fingerprint density at radius 1 is 1.32 bits per heavy atom. The van der Waals surface area contributed by atoms with E-state index in [2.05, 4.69) is 51.0 Å². The van der Waals surface area contributed by atoms with E-state index < -0.39 is 0 Å². The molecule has 1 aromatic heterocycles. The molecule has 1 aliphatic rings. The minimum Gasteiger partial charge on any atom is -0.381 e. The first-order valence-corrected chi connectivity index (χ1v) is 6.90. The fraction of sp³-hybridized carbons (Fsp3) is 0.400.